The maximum absolute atomic E-state index is 11.7. The molecule has 0 radical (unpaired) electrons. The molecule has 0 unspecified atom stereocenters. The van der Waals surface area contributed by atoms with Gasteiger partial charge in [-0.3, -0.25) is 4.79 Å². The molecule has 0 aliphatic rings. The second kappa shape index (κ2) is 6.74. The van der Waals surface area contributed by atoms with Crippen molar-refractivity contribution in [2.45, 2.75) is 33.9 Å². The Labute approximate surface area is 107 Å². The summed E-state index contributed by atoms with van der Waals surface area (Å²) in [7, 11) is 0. The second-order valence-corrected chi connectivity index (χ2v) is 3.78. The number of ether oxygens (including phenoxy) is 1. The van der Waals surface area contributed by atoms with E-state index in [-0.39, 0.29) is 19.1 Å². The van der Waals surface area contributed by atoms with Gasteiger partial charge >= 0.3 is 6.09 Å². The first kappa shape index (κ1) is 14.2. The lowest BCUT2D eigenvalue weighted by atomic mass is 10.3. The lowest BCUT2D eigenvalue weighted by Crippen LogP contribution is -2.43. The van der Waals surface area contributed by atoms with Crippen molar-refractivity contribution in [1.82, 2.24) is 4.90 Å². The molecule has 0 N–H and O–H groups in total. The first-order valence-corrected chi connectivity index (χ1v) is 6.02. The Hall–Kier alpha value is -1.91. The van der Waals surface area contributed by atoms with Crippen LogP contribution in [0, 0.1) is 0 Å². The van der Waals surface area contributed by atoms with E-state index < -0.39 is 6.09 Å². The Morgan fingerprint density at radius 1 is 1.33 bits per heavy atom. The van der Waals surface area contributed by atoms with Crippen LogP contribution in [0.5, 0.6) is 0 Å². The number of aromatic nitrogens is 1. The van der Waals surface area contributed by atoms with Crippen molar-refractivity contribution >= 4 is 12.0 Å². The van der Waals surface area contributed by atoms with E-state index in [1.54, 1.807) is 6.92 Å². The molecule has 18 heavy (non-hydrogen) atoms. The number of hydrogen-bond acceptors (Lipinski definition) is 3. The van der Waals surface area contributed by atoms with Crippen LogP contribution in [0.2, 0.25) is 0 Å². The fourth-order valence-electron chi connectivity index (χ4n) is 1.63. The van der Waals surface area contributed by atoms with Gasteiger partial charge in [-0.1, -0.05) is 6.07 Å². The molecule has 0 aliphatic carbocycles. The normalized spacial score (nSPS) is 9.94. The Kier molecular flexibility index (Phi) is 5.30. The van der Waals surface area contributed by atoms with Gasteiger partial charge in [-0.25, -0.2) is 14.3 Å². The van der Waals surface area contributed by atoms with Gasteiger partial charge in [-0.15, -0.1) is 0 Å². The molecule has 1 heterocycles. The number of aryl methyl sites for hydroxylation is 1. The minimum absolute atomic E-state index is 0.225. The minimum atomic E-state index is -0.600. The van der Waals surface area contributed by atoms with Crippen molar-refractivity contribution in [3.63, 3.8) is 0 Å². The summed E-state index contributed by atoms with van der Waals surface area (Å²) in [6, 6.07) is 5.68. The van der Waals surface area contributed by atoms with E-state index >= 15 is 0 Å². The van der Waals surface area contributed by atoms with E-state index in [4.69, 9.17) is 4.74 Å². The summed E-state index contributed by atoms with van der Waals surface area (Å²) in [5, 5.41) is 0. The number of pyridine rings is 1. The summed E-state index contributed by atoms with van der Waals surface area (Å²) in [5.41, 5.74) is 0.892. The zero-order chi connectivity index (χ0) is 13.5. The van der Waals surface area contributed by atoms with Crippen molar-refractivity contribution in [2.24, 2.45) is 0 Å². The van der Waals surface area contributed by atoms with Crippen LogP contribution >= 0.6 is 0 Å². The molecule has 0 aliphatic heterocycles. The van der Waals surface area contributed by atoms with Crippen molar-refractivity contribution in [1.29, 1.82) is 0 Å². The van der Waals surface area contributed by atoms with Crippen molar-refractivity contribution < 1.29 is 18.9 Å². The third-order valence-electron chi connectivity index (χ3n) is 2.56. The monoisotopic (exact) mass is 251 g/mol. The maximum Gasteiger partial charge on any atom is 0.417 e. The summed E-state index contributed by atoms with van der Waals surface area (Å²) in [6.45, 7) is 6.34. The zero-order valence-electron chi connectivity index (χ0n) is 11.0. The van der Waals surface area contributed by atoms with Crippen LogP contribution in [0.15, 0.2) is 24.4 Å². The Balaban J connectivity index is 2.90. The highest BCUT2D eigenvalue weighted by atomic mass is 16.6. The average molecular weight is 251 g/mol. The third-order valence-corrected chi connectivity index (χ3v) is 2.56. The van der Waals surface area contributed by atoms with Crippen molar-refractivity contribution in [3.05, 3.63) is 30.1 Å². The van der Waals surface area contributed by atoms with Gasteiger partial charge in [0.2, 0.25) is 11.6 Å². The first-order valence-electron chi connectivity index (χ1n) is 6.02. The van der Waals surface area contributed by atoms with Crippen LogP contribution < -0.4 is 4.57 Å². The van der Waals surface area contributed by atoms with Crippen LogP contribution in [0.4, 0.5) is 4.79 Å². The van der Waals surface area contributed by atoms with Gasteiger partial charge in [-0.2, -0.15) is 0 Å². The molecule has 0 atom stereocenters. The number of imide groups is 1. The van der Waals surface area contributed by atoms with Gasteiger partial charge < -0.3 is 4.74 Å². The molecule has 5 heteroatoms. The number of rotatable bonds is 4. The van der Waals surface area contributed by atoms with E-state index in [1.165, 1.54) is 6.92 Å². The number of carbonyl (C=O) groups is 2. The number of amides is 2. The van der Waals surface area contributed by atoms with Crippen LogP contribution in [0.25, 0.3) is 0 Å². The average Bonchev–Trinajstić information content (AvgIpc) is 2.36. The molecular formula is C13H19N2O3+. The van der Waals surface area contributed by atoms with Gasteiger partial charge in [0.05, 0.1) is 6.61 Å². The molecule has 98 valence electrons. The smallest absolute Gasteiger partial charge is 0.417 e. The van der Waals surface area contributed by atoms with E-state index in [2.05, 4.69) is 0 Å². The molecule has 0 saturated heterocycles. The predicted molar refractivity (Wildman–Crippen MR) is 65.6 cm³/mol. The summed E-state index contributed by atoms with van der Waals surface area (Å²) >= 11 is 0. The molecule has 1 aromatic heterocycles. The van der Waals surface area contributed by atoms with Gasteiger partial charge in [0.15, 0.2) is 6.20 Å². The minimum Gasteiger partial charge on any atom is -0.449 e. The van der Waals surface area contributed by atoms with Crippen molar-refractivity contribution in [3.8, 4) is 0 Å². The molecule has 0 saturated carbocycles. The first-order chi connectivity index (χ1) is 8.60. The zero-order valence-corrected chi connectivity index (χ0v) is 11.0. The number of hydrogen-bond donors (Lipinski definition) is 0. The summed E-state index contributed by atoms with van der Waals surface area (Å²) < 4.78 is 6.85. The SMILES string of the molecule is CCOC(=O)N(Cc1cccc[n+]1CC)C(C)=O. The Bertz CT molecular complexity index is 432. The molecule has 0 fully saturated rings. The molecule has 1 aromatic rings. The van der Waals surface area contributed by atoms with Crippen molar-refractivity contribution in [2.75, 3.05) is 6.61 Å². The van der Waals surface area contributed by atoms with Crippen LogP contribution in [0.1, 0.15) is 26.5 Å². The highest BCUT2D eigenvalue weighted by Gasteiger charge is 2.23. The number of nitrogens with zero attached hydrogens (tertiary/aromatic N) is 2. The lowest BCUT2D eigenvalue weighted by Gasteiger charge is -2.17. The standard InChI is InChI=1S/C13H19N2O3/c1-4-14-9-7-6-8-12(14)10-15(11(3)16)13(17)18-5-2/h6-9H,4-5,10H2,1-3H3/q+1. The van der Waals surface area contributed by atoms with E-state index in [0.717, 1.165) is 17.1 Å². The van der Waals surface area contributed by atoms with Gasteiger partial charge in [0.25, 0.3) is 0 Å². The highest BCUT2D eigenvalue weighted by molar-refractivity contribution is 5.90. The summed E-state index contributed by atoms with van der Waals surface area (Å²) in [5.74, 6) is -0.319. The number of carbonyl (C=O) groups excluding carboxylic acids is 2. The van der Waals surface area contributed by atoms with Crippen LogP contribution in [-0.2, 0) is 22.6 Å². The quantitative estimate of drug-likeness (QED) is 0.762. The Morgan fingerprint density at radius 3 is 2.61 bits per heavy atom. The topological polar surface area (TPSA) is 50.5 Å². The predicted octanol–water partition coefficient (Wildman–Crippen LogP) is 1.50. The van der Waals surface area contributed by atoms with E-state index in [0.29, 0.717) is 0 Å². The van der Waals surface area contributed by atoms with Gasteiger partial charge in [0.1, 0.15) is 13.1 Å². The summed E-state index contributed by atoms with van der Waals surface area (Å²) in [6.07, 6.45) is 1.32. The van der Waals surface area contributed by atoms with Gasteiger partial charge in [0, 0.05) is 19.1 Å². The lowest BCUT2D eigenvalue weighted by molar-refractivity contribution is -0.701. The summed E-state index contributed by atoms with van der Waals surface area (Å²) in [4.78, 5) is 24.2. The van der Waals surface area contributed by atoms with Gasteiger partial charge in [-0.05, 0) is 13.8 Å². The second-order valence-electron chi connectivity index (χ2n) is 3.78. The largest absolute Gasteiger partial charge is 0.449 e. The molecule has 5 nitrogen and oxygen atoms in total. The molecule has 0 spiro atoms. The molecule has 1 rings (SSSR count). The fraction of sp³-hybridized carbons (Fsp3) is 0.462. The third kappa shape index (κ3) is 3.55. The fourth-order valence-corrected chi connectivity index (χ4v) is 1.63. The molecular weight excluding hydrogens is 232 g/mol. The molecule has 2 amide bonds. The Morgan fingerprint density at radius 2 is 2.06 bits per heavy atom. The maximum atomic E-state index is 11.7. The van der Waals surface area contributed by atoms with Crippen LogP contribution in [-0.4, -0.2) is 23.5 Å². The van der Waals surface area contributed by atoms with Crippen LogP contribution in [0.3, 0.4) is 0 Å². The van der Waals surface area contributed by atoms with E-state index in [9.17, 15) is 9.59 Å². The molecule has 0 aromatic carbocycles. The van der Waals surface area contributed by atoms with E-state index in [1.807, 2.05) is 35.9 Å². The highest BCUT2D eigenvalue weighted by Crippen LogP contribution is 2.03. The molecule has 0 bridgehead atoms.